The maximum absolute atomic E-state index is 8.89. The van der Waals surface area contributed by atoms with E-state index in [0.29, 0.717) is 23.5 Å². The van der Waals surface area contributed by atoms with Crippen molar-refractivity contribution in [3.8, 4) is 0 Å². The van der Waals surface area contributed by atoms with Gasteiger partial charge in [-0.25, -0.2) is 15.0 Å². The summed E-state index contributed by atoms with van der Waals surface area (Å²) in [5.41, 5.74) is 8.92. The molecule has 1 radical (unpaired) electrons. The number of nitrogens with two attached hydrogens (primary N) is 1. The third-order valence-electron chi connectivity index (χ3n) is 2.91. The lowest BCUT2D eigenvalue weighted by atomic mass is 9.88. The Bertz CT molecular complexity index is 710. The molecule has 0 aliphatic carbocycles. The summed E-state index contributed by atoms with van der Waals surface area (Å²) in [5.74, 6) is 0.383. The molecule has 2 aromatic heterocycles. The van der Waals surface area contributed by atoms with E-state index >= 15 is 0 Å². The molecule has 1 aromatic carbocycles. The lowest BCUT2D eigenvalue weighted by Crippen LogP contribution is -2.13. The molecule has 6 nitrogen and oxygen atoms in total. The third-order valence-corrected chi connectivity index (χ3v) is 2.91. The van der Waals surface area contributed by atoms with Gasteiger partial charge in [0.2, 0.25) is 0 Å². The van der Waals surface area contributed by atoms with Gasteiger partial charge in [-0.15, -0.1) is 0 Å². The molecule has 0 fully saturated rings. The molecular weight excluding hydrogens is 241 g/mol. The summed E-state index contributed by atoms with van der Waals surface area (Å²) in [5, 5.41) is 8.89. The second-order valence-electron chi connectivity index (χ2n) is 4.17. The second kappa shape index (κ2) is 4.70. The van der Waals surface area contributed by atoms with Crippen LogP contribution in [0.4, 0.5) is 5.82 Å². The van der Waals surface area contributed by atoms with Gasteiger partial charge in [0.25, 0.3) is 0 Å². The summed E-state index contributed by atoms with van der Waals surface area (Å²) >= 11 is 0. The molecule has 0 aliphatic rings. The van der Waals surface area contributed by atoms with Crippen molar-refractivity contribution in [3.63, 3.8) is 0 Å². The van der Waals surface area contributed by atoms with Gasteiger partial charge < -0.3 is 15.3 Å². The van der Waals surface area contributed by atoms with Crippen molar-refractivity contribution in [2.24, 2.45) is 0 Å². The first-order valence-electron chi connectivity index (χ1n) is 5.75. The molecule has 0 aliphatic heterocycles. The zero-order valence-corrected chi connectivity index (χ0v) is 10.1. The number of nitrogens with zero attached hydrogens (tertiary/aromatic N) is 4. The normalized spacial score (nSPS) is 10.8. The van der Waals surface area contributed by atoms with Crippen LogP contribution in [0.1, 0.15) is 5.56 Å². The van der Waals surface area contributed by atoms with Gasteiger partial charge in [0.1, 0.15) is 11.8 Å². The Balaban J connectivity index is 1.94. The lowest BCUT2D eigenvalue weighted by molar-refractivity contribution is 0.615. The first kappa shape index (κ1) is 11.7. The summed E-state index contributed by atoms with van der Waals surface area (Å²) in [7, 11) is 1.07. The summed E-state index contributed by atoms with van der Waals surface area (Å²) in [6.45, 7) is 0.638. The zero-order valence-electron chi connectivity index (χ0n) is 10.1. The quantitative estimate of drug-likeness (QED) is 0.624. The Morgan fingerprint density at radius 2 is 1.95 bits per heavy atom. The average molecular weight is 252 g/mol. The molecule has 0 unspecified atom stereocenters. The number of fused-ring (bicyclic) bond motifs is 1. The minimum absolute atomic E-state index is 0.383. The summed E-state index contributed by atoms with van der Waals surface area (Å²) in [4.78, 5) is 12.3. The Morgan fingerprint density at radius 3 is 2.68 bits per heavy atom. The smallest absolute Gasteiger partial charge is 0.326 e. The number of hydrogen-bond acceptors (Lipinski definition) is 5. The number of aromatic nitrogens is 4. The van der Waals surface area contributed by atoms with E-state index in [2.05, 4.69) is 15.0 Å². The van der Waals surface area contributed by atoms with E-state index in [9.17, 15) is 0 Å². The van der Waals surface area contributed by atoms with Gasteiger partial charge in [-0.1, -0.05) is 29.7 Å². The van der Waals surface area contributed by atoms with Crippen LogP contribution in [-0.4, -0.2) is 32.0 Å². The molecule has 0 saturated heterocycles. The highest BCUT2D eigenvalue weighted by molar-refractivity contribution is 6.45. The van der Waals surface area contributed by atoms with Gasteiger partial charge >= 0.3 is 7.48 Å². The van der Waals surface area contributed by atoms with Gasteiger partial charge in [-0.3, -0.25) is 0 Å². The van der Waals surface area contributed by atoms with Crippen LogP contribution in [0.3, 0.4) is 0 Å². The van der Waals surface area contributed by atoms with Crippen molar-refractivity contribution in [3.05, 3.63) is 42.5 Å². The van der Waals surface area contributed by atoms with Crippen LogP contribution in [0.15, 0.2) is 36.9 Å². The van der Waals surface area contributed by atoms with Crippen molar-refractivity contribution < 1.29 is 5.02 Å². The van der Waals surface area contributed by atoms with Crippen LogP contribution in [-0.2, 0) is 6.54 Å². The molecule has 3 aromatic rings. The number of hydrogen-bond donors (Lipinski definition) is 2. The molecule has 0 bridgehead atoms. The van der Waals surface area contributed by atoms with Gasteiger partial charge in [-0.2, -0.15) is 0 Å². The topological polar surface area (TPSA) is 89.9 Å². The summed E-state index contributed by atoms with van der Waals surface area (Å²) in [6.07, 6.45) is 3.13. The maximum atomic E-state index is 8.89. The van der Waals surface area contributed by atoms with Crippen molar-refractivity contribution in [1.29, 1.82) is 0 Å². The first-order chi connectivity index (χ1) is 9.28. The average Bonchev–Trinajstić information content (AvgIpc) is 2.84. The first-order valence-corrected chi connectivity index (χ1v) is 5.75. The van der Waals surface area contributed by atoms with Crippen LogP contribution in [0.5, 0.6) is 0 Å². The van der Waals surface area contributed by atoms with Gasteiger partial charge in [0, 0.05) is 0 Å². The maximum Gasteiger partial charge on any atom is 0.326 e. The van der Waals surface area contributed by atoms with E-state index in [1.165, 1.54) is 6.33 Å². The minimum atomic E-state index is 0.383. The highest BCUT2D eigenvalue weighted by Gasteiger charge is 2.07. The van der Waals surface area contributed by atoms with Crippen LogP contribution in [0.25, 0.3) is 11.2 Å². The molecule has 0 atom stereocenters. The van der Waals surface area contributed by atoms with E-state index in [0.717, 1.165) is 18.5 Å². The van der Waals surface area contributed by atoms with Crippen LogP contribution >= 0.6 is 0 Å². The molecule has 93 valence electrons. The van der Waals surface area contributed by atoms with Crippen molar-refractivity contribution in [1.82, 2.24) is 19.5 Å². The molecule has 3 N–H and O–H groups in total. The minimum Gasteiger partial charge on any atom is -0.450 e. The fourth-order valence-corrected chi connectivity index (χ4v) is 1.92. The van der Waals surface area contributed by atoms with E-state index < -0.39 is 0 Å². The predicted molar refractivity (Wildman–Crippen MR) is 72.9 cm³/mol. The Hall–Kier alpha value is -2.41. The molecule has 19 heavy (non-hydrogen) atoms. The van der Waals surface area contributed by atoms with E-state index in [4.69, 9.17) is 10.8 Å². The molecule has 2 heterocycles. The number of benzene rings is 1. The largest absolute Gasteiger partial charge is 0.450 e. The molecule has 0 saturated carbocycles. The molecule has 3 rings (SSSR count). The Labute approximate surface area is 110 Å². The van der Waals surface area contributed by atoms with Crippen LogP contribution in [0, 0.1) is 0 Å². The molecular formula is C12H11BN5O. The van der Waals surface area contributed by atoms with Crippen molar-refractivity contribution in [2.75, 3.05) is 5.73 Å². The number of rotatable bonds is 3. The SMILES string of the molecule is Nc1ncnc2c1ncn2Cc1ccc([B]O)cc1. The van der Waals surface area contributed by atoms with Gasteiger partial charge in [0.15, 0.2) is 11.5 Å². The second-order valence-corrected chi connectivity index (χ2v) is 4.17. The fourth-order valence-electron chi connectivity index (χ4n) is 1.92. The highest BCUT2D eigenvalue weighted by Crippen LogP contribution is 2.15. The number of imidazole rings is 1. The summed E-state index contributed by atoms with van der Waals surface area (Å²) < 4.78 is 1.91. The molecule has 7 heteroatoms. The van der Waals surface area contributed by atoms with Crippen LogP contribution in [0.2, 0.25) is 0 Å². The van der Waals surface area contributed by atoms with Crippen molar-refractivity contribution in [2.45, 2.75) is 6.54 Å². The van der Waals surface area contributed by atoms with E-state index in [1.54, 1.807) is 6.33 Å². The van der Waals surface area contributed by atoms with Gasteiger partial charge in [0.05, 0.1) is 12.9 Å². The Morgan fingerprint density at radius 1 is 1.16 bits per heavy atom. The van der Waals surface area contributed by atoms with Gasteiger partial charge in [-0.05, 0) is 5.56 Å². The van der Waals surface area contributed by atoms with E-state index in [1.807, 2.05) is 28.8 Å². The molecule has 0 amide bonds. The highest BCUT2D eigenvalue weighted by atomic mass is 16.2. The molecule has 0 spiro atoms. The summed E-state index contributed by atoms with van der Waals surface area (Å²) in [6, 6.07) is 7.58. The third kappa shape index (κ3) is 2.15. The van der Waals surface area contributed by atoms with Crippen LogP contribution < -0.4 is 11.2 Å². The zero-order chi connectivity index (χ0) is 13.2. The standard InChI is InChI=1S/C12H11BN5O/c14-11-10-12(16-6-15-11)18(7-17-10)5-8-1-3-9(13-19)4-2-8/h1-4,6-7,19H,5H2,(H2,14,15,16). The fraction of sp³-hybridized carbons (Fsp3) is 0.0833. The predicted octanol–water partition coefficient (Wildman–Crippen LogP) is -0.306. The lowest BCUT2D eigenvalue weighted by Gasteiger charge is -2.04. The number of anilines is 1. The van der Waals surface area contributed by atoms with E-state index in [-0.39, 0.29) is 0 Å². The Kier molecular flexibility index (Phi) is 2.89. The monoisotopic (exact) mass is 252 g/mol. The van der Waals surface area contributed by atoms with Crippen molar-refractivity contribution >= 4 is 29.9 Å². The number of nitrogen functional groups attached to an aromatic ring is 1.